The molecule has 0 aliphatic heterocycles. The predicted molar refractivity (Wildman–Crippen MR) is 103 cm³/mol. The van der Waals surface area contributed by atoms with Gasteiger partial charge < -0.3 is 4.74 Å². The first-order valence-electron chi connectivity index (χ1n) is 8.86. The quantitative estimate of drug-likeness (QED) is 0.550. The number of hydrogen-bond acceptors (Lipinski definition) is 4. The van der Waals surface area contributed by atoms with Gasteiger partial charge in [-0.05, 0) is 48.4 Å². The van der Waals surface area contributed by atoms with Crippen LogP contribution < -0.4 is 4.74 Å². The highest BCUT2D eigenvalue weighted by Crippen LogP contribution is 2.22. The van der Waals surface area contributed by atoms with Crippen molar-refractivity contribution in [1.82, 2.24) is 9.97 Å². The van der Waals surface area contributed by atoms with E-state index in [2.05, 4.69) is 23.0 Å². The molecule has 0 amide bonds. The Hall–Kier alpha value is -3.19. The third kappa shape index (κ3) is 4.46. The predicted octanol–water partition coefficient (Wildman–Crippen LogP) is 5.25. The fourth-order valence-electron chi connectivity index (χ4n) is 2.61. The molecule has 4 nitrogen and oxygen atoms in total. The lowest BCUT2D eigenvalue weighted by atomic mass is 10.1. The van der Waals surface area contributed by atoms with Gasteiger partial charge in [0.25, 0.3) is 0 Å². The molecular formula is C22H21N3O. The highest BCUT2D eigenvalue weighted by Gasteiger charge is 2.04. The Labute approximate surface area is 154 Å². The molecule has 2 aromatic carbocycles. The molecule has 0 atom stereocenters. The van der Waals surface area contributed by atoms with E-state index >= 15 is 0 Å². The van der Waals surface area contributed by atoms with Gasteiger partial charge in [0.1, 0.15) is 5.75 Å². The summed E-state index contributed by atoms with van der Waals surface area (Å²) in [6.45, 7) is 2.93. The zero-order valence-corrected chi connectivity index (χ0v) is 14.9. The van der Waals surface area contributed by atoms with Gasteiger partial charge in [-0.2, -0.15) is 5.26 Å². The van der Waals surface area contributed by atoms with Crippen molar-refractivity contribution in [2.24, 2.45) is 0 Å². The third-order valence-electron chi connectivity index (χ3n) is 4.13. The van der Waals surface area contributed by atoms with Gasteiger partial charge in [0.05, 0.1) is 18.2 Å². The minimum atomic E-state index is 0.642. The van der Waals surface area contributed by atoms with Crippen molar-refractivity contribution in [3.63, 3.8) is 0 Å². The van der Waals surface area contributed by atoms with Crippen molar-refractivity contribution < 1.29 is 4.74 Å². The normalized spacial score (nSPS) is 10.3. The number of nitrogens with zero attached hydrogens (tertiary/aromatic N) is 3. The highest BCUT2D eigenvalue weighted by molar-refractivity contribution is 5.64. The summed E-state index contributed by atoms with van der Waals surface area (Å²) in [7, 11) is 0. The summed E-state index contributed by atoms with van der Waals surface area (Å²) in [5.41, 5.74) is 3.51. The van der Waals surface area contributed by atoms with E-state index < -0.39 is 0 Å². The molecule has 0 spiro atoms. The van der Waals surface area contributed by atoms with Gasteiger partial charge in [0.15, 0.2) is 5.82 Å². The van der Waals surface area contributed by atoms with Gasteiger partial charge in [-0.25, -0.2) is 9.97 Å². The molecule has 1 heterocycles. The van der Waals surface area contributed by atoms with Crippen molar-refractivity contribution in [3.05, 3.63) is 66.5 Å². The molecule has 3 rings (SSSR count). The summed E-state index contributed by atoms with van der Waals surface area (Å²) in [5, 5.41) is 8.87. The van der Waals surface area contributed by atoms with Crippen LogP contribution in [0.15, 0.2) is 60.9 Å². The first-order valence-corrected chi connectivity index (χ1v) is 8.86. The number of unbranched alkanes of at least 4 members (excludes halogenated alkanes) is 2. The largest absolute Gasteiger partial charge is 0.494 e. The van der Waals surface area contributed by atoms with E-state index in [-0.39, 0.29) is 0 Å². The maximum atomic E-state index is 8.87. The van der Waals surface area contributed by atoms with Crippen LogP contribution in [0.3, 0.4) is 0 Å². The number of aromatic nitrogens is 2. The molecule has 0 aliphatic carbocycles. The molecule has 0 N–H and O–H groups in total. The van der Waals surface area contributed by atoms with Crippen LogP contribution in [0, 0.1) is 11.3 Å². The fourth-order valence-corrected chi connectivity index (χ4v) is 2.61. The van der Waals surface area contributed by atoms with Gasteiger partial charge in [0, 0.05) is 23.5 Å². The molecule has 0 unspecified atom stereocenters. The number of benzene rings is 2. The van der Waals surface area contributed by atoms with Crippen LogP contribution in [-0.4, -0.2) is 16.6 Å². The lowest BCUT2D eigenvalue weighted by Gasteiger charge is -2.07. The first kappa shape index (κ1) is 17.6. The van der Waals surface area contributed by atoms with Crippen molar-refractivity contribution in [2.75, 3.05) is 6.61 Å². The molecule has 3 aromatic rings. The van der Waals surface area contributed by atoms with Gasteiger partial charge in [-0.3, -0.25) is 0 Å². The van der Waals surface area contributed by atoms with Crippen molar-refractivity contribution in [1.29, 1.82) is 5.26 Å². The lowest BCUT2D eigenvalue weighted by molar-refractivity contribution is 0.306. The molecule has 0 saturated carbocycles. The van der Waals surface area contributed by atoms with Crippen molar-refractivity contribution >= 4 is 0 Å². The van der Waals surface area contributed by atoms with E-state index in [4.69, 9.17) is 10.00 Å². The minimum absolute atomic E-state index is 0.642. The van der Waals surface area contributed by atoms with E-state index in [1.54, 1.807) is 24.5 Å². The Morgan fingerprint density at radius 2 is 1.50 bits per heavy atom. The molecule has 4 heteroatoms. The molecule has 1 aromatic heterocycles. The second-order valence-electron chi connectivity index (χ2n) is 6.06. The van der Waals surface area contributed by atoms with E-state index in [0.29, 0.717) is 11.4 Å². The number of ether oxygens (including phenoxy) is 1. The monoisotopic (exact) mass is 343 g/mol. The van der Waals surface area contributed by atoms with Gasteiger partial charge in [-0.15, -0.1) is 0 Å². The Balaban J connectivity index is 1.67. The Morgan fingerprint density at radius 1 is 0.846 bits per heavy atom. The smallest absolute Gasteiger partial charge is 0.159 e. The molecule has 26 heavy (non-hydrogen) atoms. The molecule has 0 bridgehead atoms. The highest BCUT2D eigenvalue weighted by atomic mass is 16.5. The molecular weight excluding hydrogens is 322 g/mol. The second-order valence-corrected chi connectivity index (χ2v) is 6.06. The first-order chi connectivity index (χ1) is 12.8. The van der Waals surface area contributed by atoms with Gasteiger partial charge >= 0.3 is 0 Å². The lowest BCUT2D eigenvalue weighted by Crippen LogP contribution is -1.97. The molecule has 0 aliphatic rings. The van der Waals surface area contributed by atoms with Crippen molar-refractivity contribution in [3.8, 4) is 34.3 Å². The summed E-state index contributed by atoms with van der Waals surface area (Å²) in [6.07, 6.45) is 7.07. The van der Waals surface area contributed by atoms with E-state index in [1.807, 2.05) is 36.4 Å². The SMILES string of the molecule is CCCCCOc1ccc(-c2ncc(-c3ccc(C#N)cc3)cn2)cc1. The topological polar surface area (TPSA) is 58.8 Å². The van der Waals surface area contributed by atoms with E-state index in [1.165, 1.54) is 12.8 Å². The zero-order valence-electron chi connectivity index (χ0n) is 14.9. The zero-order chi connectivity index (χ0) is 18.2. The van der Waals surface area contributed by atoms with Crippen LogP contribution in [0.5, 0.6) is 5.75 Å². The van der Waals surface area contributed by atoms with Crippen LogP contribution in [0.2, 0.25) is 0 Å². The average molecular weight is 343 g/mol. The number of hydrogen-bond donors (Lipinski definition) is 0. The molecule has 0 saturated heterocycles. The number of rotatable bonds is 7. The average Bonchev–Trinajstić information content (AvgIpc) is 2.72. The summed E-state index contributed by atoms with van der Waals surface area (Å²) in [4.78, 5) is 8.93. The van der Waals surface area contributed by atoms with Crippen LogP contribution >= 0.6 is 0 Å². The van der Waals surface area contributed by atoms with Gasteiger partial charge in [-0.1, -0.05) is 31.9 Å². The maximum absolute atomic E-state index is 8.87. The van der Waals surface area contributed by atoms with Crippen LogP contribution in [0.4, 0.5) is 0 Å². The number of nitriles is 1. The summed E-state index contributed by atoms with van der Waals surface area (Å²) in [6, 6.07) is 17.4. The summed E-state index contributed by atoms with van der Waals surface area (Å²) < 4.78 is 5.73. The molecule has 0 radical (unpaired) electrons. The van der Waals surface area contributed by atoms with Crippen molar-refractivity contribution in [2.45, 2.75) is 26.2 Å². The fraction of sp³-hybridized carbons (Fsp3) is 0.227. The Bertz CT molecular complexity index is 863. The standard InChI is InChI=1S/C22H21N3O/c1-2-3-4-13-26-21-11-9-19(10-12-21)22-24-15-20(16-25-22)18-7-5-17(14-23)6-8-18/h5-12,15-16H,2-4,13H2,1H3. The third-order valence-corrected chi connectivity index (χ3v) is 4.13. The molecule has 130 valence electrons. The van der Waals surface area contributed by atoms with Crippen LogP contribution in [0.1, 0.15) is 31.7 Å². The van der Waals surface area contributed by atoms with Crippen LogP contribution in [0.25, 0.3) is 22.5 Å². The summed E-state index contributed by atoms with van der Waals surface area (Å²) >= 11 is 0. The minimum Gasteiger partial charge on any atom is -0.494 e. The van der Waals surface area contributed by atoms with E-state index in [0.717, 1.165) is 35.5 Å². The summed E-state index contributed by atoms with van der Waals surface area (Å²) in [5.74, 6) is 1.55. The second kappa shape index (κ2) is 8.77. The van der Waals surface area contributed by atoms with Crippen LogP contribution in [-0.2, 0) is 0 Å². The Morgan fingerprint density at radius 3 is 2.12 bits per heavy atom. The van der Waals surface area contributed by atoms with E-state index in [9.17, 15) is 0 Å². The maximum Gasteiger partial charge on any atom is 0.159 e. The molecule has 0 fully saturated rings. The Kier molecular flexibility index (Phi) is 5.95. The van der Waals surface area contributed by atoms with Gasteiger partial charge in [0.2, 0.25) is 0 Å².